The van der Waals surface area contributed by atoms with E-state index >= 15 is 0 Å². The van der Waals surface area contributed by atoms with Crippen LogP contribution in [0.25, 0.3) is 0 Å². The third-order valence-corrected chi connectivity index (χ3v) is 2.65. The van der Waals surface area contributed by atoms with Gasteiger partial charge in [-0.2, -0.15) is 0 Å². The predicted octanol–water partition coefficient (Wildman–Crippen LogP) is 3.09. The Morgan fingerprint density at radius 3 is 2.64 bits per heavy atom. The molecule has 0 bridgehead atoms. The van der Waals surface area contributed by atoms with Gasteiger partial charge in [0.2, 0.25) is 0 Å². The number of ether oxygens (including phenoxy) is 1. The first-order valence-electron chi connectivity index (χ1n) is 5.14. The summed E-state index contributed by atoms with van der Waals surface area (Å²) in [6.45, 7) is 0.609. The molecule has 0 aliphatic heterocycles. The van der Waals surface area contributed by atoms with Crippen molar-refractivity contribution in [1.29, 1.82) is 0 Å². The molecule has 0 N–H and O–H groups in total. The Hall–Kier alpha value is -0.890. The van der Waals surface area contributed by atoms with Gasteiger partial charge in [-0.1, -0.05) is 30.3 Å². The lowest BCUT2D eigenvalue weighted by atomic mass is 10.2. The van der Waals surface area contributed by atoms with E-state index in [0.717, 1.165) is 12.0 Å². The maximum absolute atomic E-state index is 12.8. The minimum absolute atomic E-state index is 0.130. The Bertz CT molecular complexity index is 273. The Morgan fingerprint density at radius 1 is 1.21 bits per heavy atom. The van der Waals surface area contributed by atoms with Crippen molar-refractivity contribution in [2.75, 3.05) is 0 Å². The highest BCUT2D eigenvalue weighted by molar-refractivity contribution is 5.13. The summed E-state index contributed by atoms with van der Waals surface area (Å²) in [5, 5.41) is 0. The number of hydrogen-bond donors (Lipinski definition) is 0. The van der Waals surface area contributed by atoms with E-state index in [-0.39, 0.29) is 6.10 Å². The van der Waals surface area contributed by atoms with Crippen LogP contribution in [0.1, 0.15) is 24.8 Å². The van der Waals surface area contributed by atoms with Crippen LogP contribution in [0.15, 0.2) is 30.3 Å². The maximum atomic E-state index is 12.8. The van der Waals surface area contributed by atoms with E-state index in [4.69, 9.17) is 4.74 Å². The summed E-state index contributed by atoms with van der Waals surface area (Å²) in [6.07, 6.45) is 1.60. The number of alkyl halides is 1. The van der Waals surface area contributed by atoms with Crippen LogP contribution in [-0.4, -0.2) is 12.3 Å². The van der Waals surface area contributed by atoms with Gasteiger partial charge in [0.1, 0.15) is 6.17 Å². The fraction of sp³-hybridized carbons (Fsp3) is 0.500. The van der Waals surface area contributed by atoms with Gasteiger partial charge in [0.05, 0.1) is 12.7 Å². The lowest BCUT2D eigenvalue weighted by Crippen LogP contribution is -2.08. The van der Waals surface area contributed by atoms with E-state index in [1.54, 1.807) is 0 Å². The number of rotatable bonds is 3. The van der Waals surface area contributed by atoms with Crippen LogP contribution in [0.5, 0.6) is 0 Å². The molecule has 1 aliphatic carbocycles. The molecule has 1 aromatic rings. The minimum Gasteiger partial charge on any atom is -0.373 e. The van der Waals surface area contributed by atoms with E-state index in [1.807, 2.05) is 30.3 Å². The van der Waals surface area contributed by atoms with Gasteiger partial charge in [-0.05, 0) is 18.4 Å². The summed E-state index contributed by atoms with van der Waals surface area (Å²) in [6, 6.07) is 10.0. The minimum atomic E-state index is -0.643. The molecule has 2 unspecified atom stereocenters. The van der Waals surface area contributed by atoms with E-state index < -0.39 is 6.17 Å². The van der Waals surface area contributed by atoms with Gasteiger partial charge in [-0.25, -0.2) is 4.39 Å². The van der Waals surface area contributed by atoms with Gasteiger partial charge >= 0.3 is 0 Å². The average molecular weight is 194 g/mol. The monoisotopic (exact) mass is 194 g/mol. The van der Waals surface area contributed by atoms with Gasteiger partial charge in [-0.3, -0.25) is 0 Å². The zero-order valence-electron chi connectivity index (χ0n) is 8.16. The van der Waals surface area contributed by atoms with Crippen molar-refractivity contribution in [2.45, 2.75) is 38.1 Å². The van der Waals surface area contributed by atoms with Crippen LogP contribution in [-0.2, 0) is 11.3 Å². The highest BCUT2D eigenvalue weighted by Gasteiger charge is 2.24. The van der Waals surface area contributed by atoms with Crippen LogP contribution in [0.3, 0.4) is 0 Å². The first kappa shape index (κ1) is 9.66. The molecule has 0 saturated heterocycles. The number of hydrogen-bond acceptors (Lipinski definition) is 1. The fourth-order valence-electron chi connectivity index (χ4n) is 1.83. The summed E-state index contributed by atoms with van der Waals surface area (Å²) >= 11 is 0. The van der Waals surface area contributed by atoms with Gasteiger partial charge in [0.25, 0.3) is 0 Å². The van der Waals surface area contributed by atoms with Gasteiger partial charge in [-0.15, -0.1) is 0 Å². The maximum Gasteiger partial charge on any atom is 0.103 e. The van der Waals surface area contributed by atoms with E-state index in [9.17, 15) is 4.39 Å². The molecule has 1 aromatic carbocycles. The number of halogens is 1. The van der Waals surface area contributed by atoms with Crippen molar-refractivity contribution in [3.63, 3.8) is 0 Å². The molecule has 76 valence electrons. The third-order valence-electron chi connectivity index (χ3n) is 2.65. The molecule has 1 aliphatic rings. The molecule has 0 aromatic heterocycles. The van der Waals surface area contributed by atoms with Crippen LogP contribution < -0.4 is 0 Å². The van der Waals surface area contributed by atoms with Crippen molar-refractivity contribution in [1.82, 2.24) is 0 Å². The molecule has 0 amide bonds. The second-order valence-corrected chi connectivity index (χ2v) is 3.83. The first-order valence-corrected chi connectivity index (χ1v) is 5.14. The standard InChI is InChI=1S/C12H15FO/c13-11-6-7-12(8-11)14-9-10-4-2-1-3-5-10/h1-5,11-12H,6-9H2. The first-order chi connectivity index (χ1) is 6.84. The quantitative estimate of drug-likeness (QED) is 0.718. The summed E-state index contributed by atoms with van der Waals surface area (Å²) < 4.78 is 18.4. The predicted molar refractivity (Wildman–Crippen MR) is 53.8 cm³/mol. The molecule has 2 heteroatoms. The molecular weight excluding hydrogens is 179 g/mol. The molecule has 0 spiro atoms. The second-order valence-electron chi connectivity index (χ2n) is 3.83. The Morgan fingerprint density at radius 2 is 2.00 bits per heavy atom. The molecule has 1 saturated carbocycles. The molecule has 1 nitrogen and oxygen atoms in total. The fourth-order valence-corrected chi connectivity index (χ4v) is 1.83. The largest absolute Gasteiger partial charge is 0.373 e. The topological polar surface area (TPSA) is 9.23 Å². The molecule has 0 heterocycles. The molecular formula is C12H15FO. The van der Waals surface area contributed by atoms with Crippen LogP contribution in [0.2, 0.25) is 0 Å². The molecule has 1 fully saturated rings. The van der Waals surface area contributed by atoms with Crippen molar-refractivity contribution in [3.8, 4) is 0 Å². The summed E-state index contributed by atoms with van der Waals surface area (Å²) in [4.78, 5) is 0. The van der Waals surface area contributed by atoms with Gasteiger partial charge in [0, 0.05) is 6.42 Å². The summed E-state index contributed by atoms with van der Waals surface area (Å²) in [7, 11) is 0. The lowest BCUT2D eigenvalue weighted by Gasteiger charge is -2.10. The Balaban J connectivity index is 1.78. The second kappa shape index (κ2) is 4.56. The molecule has 0 radical (unpaired) electrons. The van der Waals surface area contributed by atoms with E-state index in [0.29, 0.717) is 19.4 Å². The summed E-state index contributed by atoms with van der Waals surface area (Å²) in [5.41, 5.74) is 1.16. The van der Waals surface area contributed by atoms with Crippen molar-refractivity contribution in [3.05, 3.63) is 35.9 Å². The zero-order valence-corrected chi connectivity index (χ0v) is 8.16. The lowest BCUT2D eigenvalue weighted by molar-refractivity contribution is 0.0415. The van der Waals surface area contributed by atoms with E-state index in [2.05, 4.69) is 0 Å². The Kier molecular flexibility index (Phi) is 3.14. The molecule has 2 rings (SSSR count). The zero-order chi connectivity index (χ0) is 9.80. The highest BCUT2D eigenvalue weighted by Crippen LogP contribution is 2.25. The Labute approximate surface area is 83.9 Å². The molecule has 14 heavy (non-hydrogen) atoms. The molecule has 2 atom stereocenters. The van der Waals surface area contributed by atoms with Crippen molar-refractivity contribution < 1.29 is 9.13 Å². The van der Waals surface area contributed by atoms with Crippen LogP contribution >= 0.6 is 0 Å². The van der Waals surface area contributed by atoms with Crippen molar-refractivity contribution >= 4 is 0 Å². The van der Waals surface area contributed by atoms with Crippen LogP contribution in [0, 0.1) is 0 Å². The number of benzene rings is 1. The van der Waals surface area contributed by atoms with Crippen molar-refractivity contribution in [2.24, 2.45) is 0 Å². The van der Waals surface area contributed by atoms with E-state index in [1.165, 1.54) is 0 Å². The van der Waals surface area contributed by atoms with Crippen LogP contribution in [0.4, 0.5) is 4.39 Å². The van der Waals surface area contributed by atoms with Gasteiger partial charge < -0.3 is 4.74 Å². The highest BCUT2D eigenvalue weighted by atomic mass is 19.1. The SMILES string of the molecule is FC1CCC(OCc2ccccc2)C1. The van der Waals surface area contributed by atoms with Gasteiger partial charge in [0.15, 0.2) is 0 Å². The third kappa shape index (κ3) is 2.55. The smallest absolute Gasteiger partial charge is 0.103 e. The summed E-state index contributed by atoms with van der Waals surface area (Å²) in [5.74, 6) is 0. The normalized spacial score (nSPS) is 26.6. The average Bonchev–Trinajstić information content (AvgIpc) is 2.63.